The van der Waals surface area contributed by atoms with E-state index in [0.717, 1.165) is 12.8 Å². The number of carbonyl (C=O) groups is 2. The van der Waals surface area contributed by atoms with Crippen molar-refractivity contribution in [1.82, 2.24) is 0 Å². The van der Waals surface area contributed by atoms with E-state index < -0.39 is 17.8 Å². The summed E-state index contributed by atoms with van der Waals surface area (Å²) in [7, 11) is 0. The molecule has 0 amide bonds. The van der Waals surface area contributed by atoms with Crippen LogP contribution in [0.5, 0.6) is 0 Å². The summed E-state index contributed by atoms with van der Waals surface area (Å²) in [6.45, 7) is 5.98. The normalized spacial score (nSPS) is 19.6. The van der Waals surface area contributed by atoms with Crippen LogP contribution in [-0.4, -0.2) is 23.7 Å². The van der Waals surface area contributed by atoms with Gasteiger partial charge in [-0.05, 0) is 18.3 Å². The number of hydrogen-bond acceptors (Lipinski definition) is 3. The van der Waals surface area contributed by atoms with E-state index >= 15 is 0 Å². The van der Waals surface area contributed by atoms with Gasteiger partial charge in [0.05, 0.1) is 18.4 Å². The fourth-order valence-corrected chi connectivity index (χ4v) is 2.85. The summed E-state index contributed by atoms with van der Waals surface area (Å²) in [5.74, 6) is -1.70. The molecule has 116 valence electrons. The zero-order valence-corrected chi connectivity index (χ0v) is 12.9. The Bertz CT molecular complexity index is 318. The molecule has 0 radical (unpaired) electrons. The summed E-state index contributed by atoms with van der Waals surface area (Å²) >= 11 is 0. The number of esters is 1. The van der Waals surface area contributed by atoms with Crippen molar-refractivity contribution in [3.8, 4) is 0 Å². The first-order chi connectivity index (χ1) is 9.41. The summed E-state index contributed by atoms with van der Waals surface area (Å²) in [6, 6.07) is 0. The van der Waals surface area contributed by atoms with Crippen LogP contribution in [-0.2, 0) is 14.3 Å². The molecular weight excluding hydrogens is 256 g/mol. The maximum absolute atomic E-state index is 11.9. The average molecular weight is 284 g/mol. The maximum Gasteiger partial charge on any atom is 0.309 e. The molecule has 0 heterocycles. The second-order valence-corrected chi connectivity index (χ2v) is 6.50. The second-order valence-electron chi connectivity index (χ2n) is 6.50. The van der Waals surface area contributed by atoms with Crippen LogP contribution in [0.1, 0.15) is 59.3 Å². The van der Waals surface area contributed by atoms with Crippen LogP contribution in [0.4, 0.5) is 0 Å². The molecule has 1 fully saturated rings. The molecule has 20 heavy (non-hydrogen) atoms. The van der Waals surface area contributed by atoms with Gasteiger partial charge in [0.1, 0.15) is 0 Å². The van der Waals surface area contributed by atoms with Gasteiger partial charge in [0, 0.05) is 0 Å². The first-order valence-electron chi connectivity index (χ1n) is 7.81. The molecule has 2 atom stereocenters. The van der Waals surface area contributed by atoms with E-state index in [-0.39, 0.29) is 11.9 Å². The van der Waals surface area contributed by atoms with Crippen LogP contribution >= 0.6 is 0 Å². The highest BCUT2D eigenvalue weighted by molar-refractivity contribution is 5.80. The molecule has 1 aliphatic carbocycles. The molecule has 1 saturated carbocycles. The van der Waals surface area contributed by atoms with Crippen molar-refractivity contribution in [2.45, 2.75) is 59.3 Å². The van der Waals surface area contributed by atoms with Gasteiger partial charge in [0.25, 0.3) is 0 Å². The summed E-state index contributed by atoms with van der Waals surface area (Å²) < 4.78 is 5.18. The summed E-state index contributed by atoms with van der Waals surface area (Å²) in [6.07, 6.45) is 6.41. The Morgan fingerprint density at radius 1 is 1.15 bits per heavy atom. The van der Waals surface area contributed by atoms with Crippen molar-refractivity contribution < 1.29 is 19.4 Å². The van der Waals surface area contributed by atoms with Gasteiger partial charge < -0.3 is 9.84 Å². The Balaban J connectivity index is 2.55. The van der Waals surface area contributed by atoms with Crippen LogP contribution in [0.15, 0.2) is 0 Å². The third-order valence-corrected chi connectivity index (χ3v) is 4.16. The number of hydrogen-bond donors (Lipinski definition) is 1. The van der Waals surface area contributed by atoms with E-state index in [9.17, 15) is 14.7 Å². The van der Waals surface area contributed by atoms with Gasteiger partial charge in [-0.1, -0.05) is 52.9 Å². The lowest BCUT2D eigenvalue weighted by Gasteiger charge is -2.27. The van der Waals surface area contributed by atoms with E-state index in [4.69, 9.17) is 4.74 Å². The van der Waals surface area contributed by atoms with Crippen LogP contribution in [0.25, 0.3) is 0 Å². The largest absolute Gasteiger partial charge is 0.481 e. The molecular formula is C16H28O4. The Kier molecular flexibility index (Phi) is 7.03. The molecule has 0 aromatic heterocycles. The highest BCUT2D eigenvalue weighted by Gasteiger charge is 2.33. The molecule has 0 aromatic carbocycles. The van der Waals surface area contributed by atoms with Gasteiger partial charge in [-0.25, -0.2) is 0 Å². The van der Waals surface area contributed by atoms with Gasteiger partial charge >= 0.3 is 11.9 Å². The minimum atomic E-state index is -0.871. The van der Waals surface area contributed by atoms with Crippen molar-refractivity contribution >= 4 is 11.9 Å². The zero-order valence-electron chi connectivity index (χ0n) is 12.9. The predicted octanol–water partition coefficient (Wildman–Crippen LogP) is 3.49. The van der Waals surface area contributed by atoms with E-state index in [1.54, 1.807) is 6.92 Å². The number of carbonyl (C=O) groups excluding carboxylic acids is 1. The molecule has 1 rings (SSSR count). The zero-order chi connectivity index (χ0) is 15.1. The molecule has 4 nitrogen and oxygen atoms in total. The number of aliphatic carboxylic acids is 1. The molecule has 4 heteroatoms. The lowest BCUT2D eigenvalue weighted by molar-refractivity contribution is -0.158. The number of ether oxygens (including phenoxy) is 1. The van der Waals surface area contributed by atoms with E-state index in [2.05, 4.69) is 0 Å². The molecule has 0 saturated heterocycles. The molecule has 0 spiro atoms. The van der Waals surface area contributed by atoms with Crippen LogP contribution in [0.2, 0.25) is 0 Å². The second kappa shape index (κ2) is 8.28. The van der Waals surface area contributed by atoms with Crippen LogP contribution in [0.3, 0.4) is 0 Å². The lowest BCUT2D eigenvalue weighted by Crippen LogP contribution is -2.32. The van der Waals surface area contributed by atoms with Crippen molar-refractivity contribution in [2.75, 3.05) is 6.61 Å². The monoisotopic (exact) mass is 284 g/mol. The van der Waals surface area contributed by atoms with Crippen LogP contribution in [0, 0.1) is 23.7 Å². The van der Waals surface area contributed by atoms with Gasteiger partial charge in [0.15, 0.2) is 0 Å². The SMILES string of the molecule is CC(C)COC(=O)[C@H](C)[C@H](CC1CCCCC1)C(=O)O. The Morgan fingerprint density at radius 3 is 2.25 bits per heavy atom. The summed E-state index contributed by atoms with van der Waals surface area (Å²) in [4.78, 5) is 23.4. The van der Waals surface area contributed by atoms with Crippen molar-refractivity contribution in [3.05, 3.63) is 0 Å². The highest BCUT2D eigenvalue weighted by atomic mass is 16.5. The summed E-state index contributed by atoms with van der Waals surface area (Å²) in [5.41, 5.74) is 0. The van der Waals surface area contributed by atoms with Gasteiger partial charge in [-0.15, -0.1) is 0 Å². The minimum absolute atomic E-state index is 0.271. The Morgan fingerprint density at radius 2 is 1.75 bits per heavy atom. The number of carboxylic acids is 1. The van der Waals surface area contributed by atoms with E-state index in [1.807, 2.05) is 13.8 Å². The molecule has 0 unspecified atom stereocenters. The first-order valence-corrected chi connectivity index (χ1v) is 7.81. The van der Waals surface area contributed by atoms with Crippen molar-refractivity contribution in [1.29, 1.82) is 0 Å². The highest BCUT2D eigenvalue weighted by Crippen LogP contribution is 2.32. The first kappa shape index (κ1) is 17.0. The fraction of sp³-hybridized carbons (Fsp3) is 0.875. The van der Waals surface area contributed by atoms with E-state index in [0.29, 0.717) is 18.9 Å². The Labute approximate surface area is 121 Å². The maximum atomic E-state index is 11.9. The smallest absolute Gasteiger partial charge is 0.309 e. The minimum Gasteiger partial charge on any atom is -0.481 e. The Hall–Kier alpha value is -1.06. The average Bonchev–Trinajstić information content (AvgIpc) is 2.42. The van der Waals surface area contributed by atoms with Gasteiger partial charge in [0.2, 0.25) is 0 Å². The van der Waals surface area contributed by atoms with Crippen molar-refractivity contribution in [3.63, 3.8) is 0 Å². The number of rotatable bonds is 7. The molecule has 0 aromatic rings. The van der Waals surface area contributed by atoms with Gasteiger partial charge in [-0.3, -0.25) is 9.59 Å². The van der Waals surface area contributed by atoms with Gasteiger partial charge in [-0.2, -0.15) is 0 Å². The fourth-order valence-electron chi connectivity index (χ4n) is 2.85. The van der Waals surface area contributed by atoms with Crippen molar-refractivity contribution in [2.24, 2.45) is 23.7 Å². The standard InChI is InChI=1S/C16H28O4/c1-11(2)10-20-16(19)12(3)14(15(17)18)9-13-7-5-4-6-8-13/h11-14H,4-10H2,1-3H3,(H,17,18)/t12-,14+/m1/s1. The van der Waals surface area contributed by atoms with Crippen LogP contribution < -0.4 is 0 Å². The predicted molar refractivity (Wildman–Crippen MR) is 77.3 cm³/mol. The van der Waals surface area contributed by atoms with E-state index in [1.165, 1.54) is 19.3 Å². The molecule has 0 aliphatic heterocycles. The molecule has 1 N–H and O–H groups in total. The third-order valence-electron chi connectivity index (χ3n) is 4.16. The molecule has 0 bridgehead atoms. The summed E-state index contributed by atoms with van der Waals surface area (Å²) in [5, 5.41) is 9.39. The lowest BCUT2D eigenvalue weighted by atomic mass is 9.79. The number of carboxylic acid groups (broad SMARTS) is 1. The topological polar surface area (TPSA) is 63.6 Å². The molecule has 1 aliphatic rings. The third kappa shape index (κ3) is 5.51. The quantitative estimate of drug-likeness (QED) is 0.727.